The minimum Gasteiger partial charge on any atom is -0.351 e. The van der Waals surface area contributed by atoms with Crippen molar-refractivity contribution in [2.75, 3.05) is 19.6 Å². The van der Waals surface area contributed by atoms with Gasteiger partial charge in [0.2, 0.25) is 5.91 Å². The minimum atomic E-state index is -0.162. The molecule has 0 spiro atoms. The maximum atomic E-state index is 12.1. The van der Waals surface area contributed by atoms with Gasteiger partial charge in [0.15, 0.2) is 0 Å². The molecule has 1 N–H and O–H groups in total. The molecule has 22 heavy (non-hydrogen) atoms. The molecular weight excluding hydrogens is 415 g/mol. The van der Waals surface area contributed by atoms with Crippen LogP contribution in [0.2, 0.25) is 5.02 Å². The molecule has 1 aliphatic heterocycles. The second kappa shape index (κ2) is 8.72. The third-order valence-corrected chi connectivity index (χ3v) is 4.89. The fourth-order valence-electron chi connectivity index (χ4n) is 2.53. The standard InChI is InChI=1S/C16H20ClIN2O2/c17-12-5-6-13(14(18)11-12)16(22)19-8-7-15(21)20-9-3-1-2-4-10-20/h5-6,11H,1-4,7-10H2,(H,19,22). The number of nitrogens with zero attached hydrogens (tertiary/aromatic N) is 1. The number of hydrogen-bond donors (Lipinski definition) is 1. The number of carbonyl (C=O) groups is 2. The molecule has 0 atom stereocenters. The molecule has 4 nitrogen and oxygen atoms in total. The van der Waals surface area contributed by atoms with Crippen molar-refractivity contribution in [1.29, 1.82) is 0 Å². The number of amides is 2. The van der Waals surface area contributed by atoms with E-state index in [-0.39, 0.29) is 11.8 Å². The number of halogens is 2. The molecule has 1 aromatic carbocycles. The summed E-state index contributed by atoms with van der Waals surface area (Å²) in [6, 6.07) is 5.15. The summed E-state index contributed by atoms with van der Waals surface area (Å²) in [5, 5.41) is 3.42. The smallest absolute Gasteiger partial charge is 0.252 e. The Morgan fingerprint density at radius 2 is 1.86 bits per heavy atom. The molecule has 120 valence electrons. The average Bonchev–Trinajstić information content (AvgIpc) is 2.76. The Kier molecular flexibility index (Phi) is 6.95. The summed E-state index contributed by atoms with van der Waals surface area (Å²) in [6.07, 6.45) is 4.93. The number of carbonyl (C=O) groups excluding carboxylic acids is 2. The molecule has 0 aliphatic carbocycles. The van der Waals surface area contributed by atoms with E-state index in [9.17, 15) is 9.59 Å². The van der Waals surface area contributed by atoms with Crippen molar-refractivity contribution in [2.45, 2.75) is 32.1 Å². The maximum Gasteiger partial charge on any atom is 0.252 e. The van der Waals surface area contributed by atoms with Crippen LogP contribution in [0.15, 0.2) is 18.2 Å². The van der Waals surface area contributed by atoms with Crippen LogP contribution in [0, 0.1) is 3.57 Å². The van der Waals surface area contributed by atoms with E-state index in [1.54, 1.807) is 18.2 Å². The van der Waals surface area contributed by atoms with Crippen molar-refractivity contribution < 1.29 is 9.59 Å². The van der Waals surface area contributed by atoms with Crippen molar-refractivity contribution in [3.8, 4) is 0 Å². The average molecular weight is 435 g/mol. The molecule has 2 rings (SSSR count). The van der Waals surface area contributed by atoms with Gasteiger partial charge in [-0.3, -0.25) is 9.59 Å². The fraction of sp³-hybridized carbons (Fsp3) is 0.500. The van der Waals surface area contributed by atoms with Gasteiger partial charge >= 0.3 is 0 Å². The van der Waals surface area contributed by atoms with E-state index in [0.29, 0.717) is 23.6 Å². The SMILES string of the molecule is O=C(NCCC(=O)N1CCCCCC1)c1ccc(Cl)cc1I. The molecule has 1 saturated heterocycles. The zero-order valence-electron chi connectivity index (χ0n) is 12.4. The maximum absolute atomic E-state index is 12.1. The first-order chi connectivity index (χ1) is 10.6. The first-order valence-corrected chi connectivity index (χ1v) is 9.04. The predicted octanol–water partition coefficient (Wildman–Crippen LogP) is 3.47. The van der Waals surface area contributed by atoms with Crippen molar-refractivity contribution in [3.63, 3.8) is 0 Å². The Labute approximate surface area is 149 Å². The third-order valence-electron chi connectivity index (χ3n) is 3.76. The Morgan fingerprint density at radius 3 is 2.50 bits per heavy atom. The van der Waals surface area contributed by atoms with Crippen LogP contribution in [0.5, 0.6) is 0 Å². The highest BCUT2D eigenvalue weighted by Gasteiger charge is 2.16. The molecule has 0 radical (unpaired) electrons. The highest BCUT2D eigenvalue weighted by Crippen LogP contribution is 2.18. The van der Waals surface area contributed by atoms with Crippen molar-refractivity contribution in [1.82, 2.24) is 10.2 Å². The molecule has 0 unspecified atom stereocenters. The van der Waals surface area contributed by atoms with E-state index in [1.807, 2.05) is 4.90 Å². The zero-order chi connectivity index (χ0) is 15.9. The Bertz CT molecular complexity index is 543. The number of rotatable bonds is 4. The molecular formula is C16H20ClIN2O2. The highest BCUT2D eigenvalue weighted by atomic mass is 127. The summed E-state index contributed by atoms with van der Waals surface area (Å²) < 4.78 is 0.807. The molecule has 2 amide bonds. The molecule has 0 saturated carbocycles. The van der Waals surface area contributed by atoms with E-state index in [0.717, 1.165) is 29.5 Å². The summed E-state index contributed by atoms with van der Waals surface area (Å²) in [5.74, 6) is -0.0299. The molecule has 1 aromatic rings. The summed E-state index contributed by atoms with van der Waals surface area (Å²) >= 11 is 7.97. The van der Waals surface area contributed by atoms with Gasteiger partial charge in [0.25, 0.3) is 5.91 Å². The van der Waals surface area contributed by atoms with Gasteiger partial charge in [0, 0.05) is 34.6 Å². The van der Waals surface area contributed by atoms with E-state index in [1.165, 1.54) is 12.8 Å². The quantitative estimate of drug-likeness (QED) is 0.738. The lowest BCUT2D eigenvalue weighted by molar-refractivity contribution is -0.131. The normalized spacial score (nSPS) is 15.3. The molecule has 0 bridgehead atoms. The zero-order valence-corrected chi connectivity index (χ0v) is 15.3. The van der Waals surface area contributed by atoms with Gasteiger partial charge < -0.3 is 10.2 Å². The second-order valence-corrected chi connectivity index (χ2v) is 7.02. The topological polar surface area (TPSA) is 49.4 Å². The number of nitrogens with one attached hydrogen (secondary N) is 1. The second-order valence-electron chi connectivity index (χ2n) is 5.43. The molecule has 1 fully saturated rings. The Hall–Kier alpha value is -0.820. The van der Waals surface area contributed by atoms with Crippen LogP contribution in [-0.4, -0.2) is 36.3 Å². The van der Waals surface area contributed by atoms with Crippen molar-refractivity contribution >= 4 is 46.0 Å². The Morgan fingerprint density at radius 1 is 1.18 bits per heavy atom. The van der Waals surface area contributed by atoms with E-state index in [4.69, 9.17) is 11.6 Å². The Balaban J connectivity index is 1.80. The first-order valence-electron chi connectivity index (χ1n) is 7.59. The van der Waals surface area contributed by atoms with Crippen LogP contribution >= 0.6 is 34.2 Å². The lowest BCUT2D eigenvalue weighted by Gasteiger charge is -2.20. The summed E-state index contributed by atoms with van der Waals surface area (Å²) in [7, 11) is 0. The summed E-state index contributed by atoms with van der Waals surface area (Å²) in [5.41, 5.74) is 0.590. The van der Waals surface area contributed by atoms with Crippen LogP contribution in [-0.2, 0) is 4.79 Å². The van der Waals surface area contributed by atoms with Gasteiger partial charge in [-0.25, -0.2) is 0 Å². The summed E-state index contributed by atoms with van der Waals surface area (Å²) in [4.78, 5) is 26.2. The molecule has 1 aliphatic rings. The lowest BCUT2D eigenvalue weighted by Crippen LogP contribution is -2.35. The predicted molar refractivity (Wildman–Crippen MR) is 96.2 cm³/mol. The van der Waals surface area contributed by atoms with Crippen LogP contribution in [0.25, 0.3) is 0 Å². The van der Waals surface area contributed by atoms with Gasteiger partial charge in [0.1, 0.15) is 0 Å². The van der Waals surface area contributed by atoms with Gasteiger partial charge in [-0.2, -0.15) is 0 Å². The van der Waals surface area contributed by atoms with Gasteiger partial charge in [-0.15, -0.1) is 0 Å². The van der Waals surface area contributed by atoms with Crippen LogP contribution in [0.1, 0.15) is 42.5 Å². The minimum absolute atomic E-state index is 0.132. The van der Waals surface area contributed by atoms with E-state index >= 15 is 0 Å². The van der Waals surface area contributed by atoms with Gasteiger partial charge in [-0.1, -0.05) is 24.4 Å². The van der Waals surface area contributed by atoms with E-state index in [2.05, 4.69) is 27.9 Å². The largest absolute Gasteiger partial charge is 0.351 e. The lowest BCUT2D eigenvalue weighted by atomic mass is 10.2. The third kappa shape index (κ3) is 5.12. The van der Waals surface area contributed by atoms with Crippen LogP contribution in [0.4, 0.5) is 0 Å². The first kappa shape index (κ1) is 17.5. The van der Waals surface area contributed by atoms with Crippen molar-refractivity contribution in [2.24, 2.45) is 0 Å². The van der Waals surface area contributed by atoms with Gasteiger partial charge in [0.05, 0.1) is 5.56 Å². The molecule has 0 aromatic heterocycles. The van der Waals surface area contributed by atoms with Crippen LogP contribution < -0.4 is 5.32 Å². The van der Waals surface area contributed by atoms with Crippen LogP contribution in [0.3, 0.4) is 0 Å². The fourth-order valence-corrected chi connectivity index (χ4v) is 3.65. The van der Waals surface area contributed by atoms with E-state index < -0.39 is 0 Å². The number of likely N-dealkylation sites (tertiary alicyclic amines) is 1. The van der Waals surface area contributed by atoms with Crippen molar-refractivity contribution in [3.05, 3.63) is 32.4 Å². The summed E-state index contributed by atoms with van der Waals surface area (Å²) in [6.45, 7) is 2.07. The number of benzene rings is 1. The molecule has 6 heteroatoms. The number of hydrogen-bond acceptors (Lipinski definition) is 2. The highest BCUT2D eigenvalue weighted by molar-refractivity contribution is 14.1. The van der Waals surface area contributed by atoms with Gasteiger partial charge in [-0.05, 0) is 53.6 Å². The monoisotopic (exact) mass is 434 g/mol. The molecule has 1 heterocycles.